The molecule has 2 aromatic carbocycles. The van der Waals surface area contributed by atoms with Crippen LogP contribution < -0.4 is 15.4 Å². The first kappa shape index (κ1) is 17.6. The van der Waals surface area contributed by atoms with Gasteiger partial charge in [0.2, 0.25) is 0 Å². The number of nitrogens with two attached hydrogens (primary N) is 1. The summed E-state index contributed by atoms with van der Waals surface area (Å²) < 4.78 is 30.8. The van der Waals surface area contributed by atoms with E-state index >= 15 is 0 Å². The maximum absolute atomic E-state index is 14.7. The third-order valence-corrected chi connectivity index (χ3v) is 4.89. The predicted molar refractivity (Wildman–Crippen MR) is 98.4 cm³/mol. The van der Waals surface area contributed by atoms with E-state index in [1.54, 1.807) is 6.07 Å². The van der Waals surface area contributed by atoms with Crippen molar-refractivity contribution in [1.29, 1.82) is 0 Å². The van der Waals surface area contributed by atoms with E-state index in [1.807, 2.05) is 29.2 Å². The number of hydrogen-bond donors (Lipinski definition) is 1. The number of ether oxygens (including phenoxy) is 3. The van der Waals surface area contributed by atoms with E-state index in [9.17, 15) is 9.18 Å². The average molecular weight is 372 g/mol. The third-order valence-electron chi connectivity index (χ3n) is 4.89. The molecule has 2 aliphatic heterocycles. The first-order valence-electron chi connectivity index (χ1n) is 8.97. The molecule has 2 aliphatic rings. The molecule has 4 rings (SSSR count). The Balaban J connectivity index is 1.60. The van der Waals surface area contributed by atoms with E-state index in [-0.39, 0.29) is 5.82 Å². The SMILES string of the molecule is NC(=O)OC1CCOc2cc(-c3ccc(N4CCOCC4)c(F)c3)ccc21. The Labute approximate surface area is 156 Å². The smallest absolute Gasteiger partial charge is 0.405 e. The standard InChI is InChI=1S/C20H21FN2O4/c21-16-11-13(2-4-17(16)23-6-9-25-10-7-23)14-1-3-15-18(27-20(22)24)5-8-26-19(15)12-14/h1-4,11-12,18H,5-10H2,(H2,22,24). The Hall–Kier alpha value is -2.80. The molecule has 1 unspecified atom stereocenters. The summed E-state index contributed by atoms with van der Waals surface area (Å²) in [6.45, 7) is 3.02. The number of fused-ring (bicyclic) bond motifs is 1. The summed E-state index contributed by atoms with van der Waals surface area (Å²) in [5.74, 6) is 0.366. The highest BCUT2D eigenvalue weighted by molar-refractivity contribution is 5.70. The molecule has 1 saturated heterocycles. The van der Waals surface area contributed by atoms with E-state index in [4.69, 9.17) is 19.9 Å². The van der Waals surface area contributed by atoms with Crippen molar-refractivity contribution in [3.63, 3.8) is 0 Å². The van der Waals surface area contributed by atoms with Gasteiger partial charge in [-0.25, -0.2) is 9.18 Å². The van der Waals surface area contributed by atoms with Gasteiger partial charge in [-0.05, 0) is 29.3 Å². The number of carbonyl (C=O) groups is 1. The lowest BCUT2D eigenvalue weighted by atomic mass is 9.97. The summed E-state index contributed by atoms with van der Waals surface area (Å²) in [6, 6.07) is 10.8. The fourth-order valence-electron chi connectivity index (χ4n) is 3.55. The van der Waals surface area contributed by atoms with Gasteiger partial charge < -0.3 is 24.8 Å². The Morgan fingerprint density at radius 1 is 1.11 bits per heavy atom. The van der Waals surface area contributed by atoms with Crippen molar-refractivity contribution in [1.82, 2.24) is 0 Å². The third kappa shape index (κ3) is 3.68. The molecule has 1 atom stereocenters. The van der Waals surface area contributed by atoms with Gasteiger partial charge in [0.1, 0.15) is 17.7 Å². The summed E-state index contributed by atoms with van der Waals surface area (Å²) >= 11 is 0. The van der Waals surface area contributed by atoms with Gasteiger partial charge in [-0.1, -0.05) is 18.2 Å². The Morgan fingerprint density at radius 3 is 2.59 bits per heavy atom. The molecule has 0 bridgehead atoms. The molecule has 0 radical (unpaired) electrons. The van der Waals surface area contributed by atoms with E-state index < -0.39 is 12.2 Å². The number of carbonyl (C=O) groups excluding carboxylic acids is 1. The highest BCUT2D eigenvalue weighted by atomic mass is 19.1. The lowest BCUT2D eigenvalue weighted by Crippen LogP contribution is -2.36. The summed E-state index contributed by atoms with van der Waals surface area (Å²) in [4.78, 5) is 13.1. The second-order valence-electron chi connectivity index (χ2n) is 6.58. The van der Waals surface area contributed by atoms with Crippen LogP contribution in [0.5, 0.6) is 5.75 Å². The zero-order chi connectivity index (χ0) is 18.8. The topological polar surface area (TPSA) is 74.0 Å². The summed E-state index contributed by atoms with van der Waals surface area (Å²) in [7, 11) is 0. The van der Waals surface area contributed by atoms with Gasteiger partial charge in [0, 0.05) is 25.1 Å². The number of primary amides is 1. The van der Waals surface area contributed by atoms with E-state index in [2.05, 4.69) is 0 Å². The molecule has 7 heteroatoms. The van der Waals surface area contributed by atoms with Crippen molar-refractivity contribution in [2.24, 2.45) is 5.73 Å². The number of morpholine rings is 1. The number of halogens is 1. The largest absolute Gasteiger partial charge is 0.493 e. The van der Waals surface area contributed by atoms with Crippen LogP contribution in [0.25, 0.3) is 11.1 Å². The zero-order valence-electron chi connectivity index (χ0n) is 14.8. The first-order valence-corrected chi connectivity index (χ1v) is 8.97. The fourth-order valence-corrected chi connectivity index (χ4v) is 3.55. The van der Waals surface area contributed by atoms with Crippen molar-refractivity contribution < 1.29 is 23.4 Å². The van der Waals surface area contributed by atoms with Gasteiger partial charge in [-0.2, -0.15) is 0 Å². The lowest BCUT2D eigenvalue weighted by molar-refractivity contribution is 0.0766. The normalized spacial score (nSPS) is 19.1. The molecular weight excluding hydrogens is 351 g/mol. The van der Waals surface area contributed by atoms with Crippen LogP contribution in [0, 0.1) is 5.82 Å². The molecule has 1 amide bonds. The van der Waals surface area contributed by atoms with Crippen molar-refractivity contribution >= 4 is 11.8 Å². The van der Waals surface area contributed by atoms with Crippen LogP contribution in [0.4, 0.5) is 14.9 Å². The number of anilines is 1. The molecule has 2 heterocycles. The first-order chi connectivity index (χ1) is 13.1. The Kier molecular flexibility index (Phi) is 4.85. The van der Waals surface area contributed by atoms with Crippen molar-refractivity contribution in [2.45, 2.75) is 12.5 Å². The second kappa shape index (κ2) is 7.44. The second-order valence-corrected chi connectivity index (χ2v) is 6.58. The molecule has 27 heavy (non-hydrogen) atoms. The quantitative estimate of drug-likeness (QED) is 0.895. The van der Waals surface area contributed by atoms with Crippen LogP contribution in [-0.2, 0) is 9.47 Å². The molecule has 142 valence electrons. The minimum absolute atomic E-state index is 0.261. The average Bonchev–Trinajstić information content (AvgIpc) is 2.68. The van der Waals surface area contributed by atoms with Crippen LogP contribution in [0.2, 0.25) is 0 Å². The highest BCUT2D eigenvalue weighted by Gasteiger charge is 2.25. The van der Waals surface area contributed by atoms with E-state index in [0.29, 0.717) is 50.8 Å². The maximum atomic E-state index is 14.7. The summed E-state index contributed by atoms with van der Waals surface area (Å²) in [6.07, 6.45) is -0.670. The lowest BCUT2D eigenvalue weighted by Gasteiger charge is -2.29. The number of rotatable bonds is 3. The van der Waals surface area contributed by atoms with Crippen LogP contribution in [-0.4, -0.2) is 39.0 Å². The number of nitrogens with zero attached hydrogens (tertiary/aromatic N) is 1. The molecule has 1 fully saturated rings. The molecule has 0 aliphatic carbocycles. The molecule has 6 nitrogen and oxygen atoms in total. The summed E-state index contributed by atoms with van der Waals surface area (Å²) in [5, 5.41) is 0. The van der Waals surface area contributed by atoms with E-state index in [0.717, 1.165) is 16.7 Å². The van der Waals surface area contributed by atoms with Gasteiger partial charge in [-0.15, -0.1) is 0 Å². The van der Waals surface area contributed by atoms with Crippen molar-refractivity contribution in [2.75, 3.05) is 37.8 Å². The monoisotopic (exact) mass is 372 g/mol. The molecular formula is C20H21FN2O4. The fraction of sp³-hybridized carbons (Fsp3) is 0.350. The Morgan fingerprint density at radius 2 is 1.85 bits per heavy atom. The number of amides is 1. The highest BCUT2D eigenvalue weighted by Crippen LogP contribution is 2.38. The van der Waals surface area contributed by atoms with Gasteiger partial charge in [0.25, 0.3) is 0 Å². The maximum Gasteiger partial charge on any atom is 0.405 e. The molecule has 2 N–H and O–H groups in total. The predicted octanol–water partition coefficient (Wildman–Crippen LogP) is 3.25. The van der Waals surface area contributed by atoms with Gasteiger partial charge >= 0.3 is 6.09 Å². The minimum Gasteiger partial charge on any atom is -0.493 e. The van der Waals surface area contributed by atoms with Crippen molar-refractivity contribution in [3.05, 3.63) is 47.8 Å². The van der Waals surface area contributed by atoms with Crippen molar-refractivity contribution in [3.8, 4) is 16.9 Å². The van der Waals surface area contributed by atoms with Gasteiger partial charge in [0.15, 0.2) is 0 Å². The van der Waals surface area contributed by atoms with E-state index in [1.165, 1.54) is 6.07 Å². The number of hydrogen-bond acceptors (Lipinski definition) is 5. The molecule has 2 aromatic rings. The van der Waals surface area contributed by atoms with Crippen LogP contribution in [0.1, 0.15) is 18.1 Å². The number of benzene rings is 2. The van der Waals surface area contributed by atoms with Gasteiger partial charge in [-0.3, -0.25) is 0 Å². The van der Waals surface area contributed by atoms with Crippen LogP contribution >= 0.6 is 0 Å². The van der Waals surface area contributed by atoms with Crippen LogP contribution in [0.15, 0.2) is 36.4 Å². The molecule has 0 aromatic heterocycles. The zero-order valence-corrected chi connectivity index (χ0v) is 14.8. The van der Waals surface area contributed by atoms with Crippen LogP contribution in [0.3, 0.4) is 0 Å². The molecule has 0 spiro atoms. The van der Waals surface area contributed by atoms with Gasteiger partial charge in [0.05, 0.1) is 25.5 Å². The molecule has 0 saturated carbocycles. The Bertz CT molecular complexity index is 852. The minimum atomic E-state index is -0.808. The summed E-state index contributed by atoms with van der Waals surface area (Å²) in [5.41, 5.74) is 8.09.